The molecule has 0 unspecified atom stereocenters. The van der Waals surface area contributed by atoms with Crippen molar-refractivity contribution >= 4 is 23.2 Å². The molecule has 0 saturated carbocycles. The van der Waals surface area contributed by atoms with Crippen LogP contribution in [0.1, 0.15) is 11.1 Å². The average molecular weight is 596 g/mol. The zero-order chi connectivity index (χ0) is 30.5. The summed E-state index contributed by atoms with van der Waals surface area (Å²) < 4.78 is 0. The molecule has 0 aliphatic carbocycles. The maximum absolute atomic E-state index is 2.54. The van der Waals surface area contributed by atoms with Gasteiger partial charge in [0.1, 0.15) is 23.2 Å². The van der Waals surface area contributed by atoms with Gasteiger partial charge in [0.15, 0.2) is 0 Å². The molecule has 0 heterocycles. The molecule has 0 fully saturated rings. The molecule has 7 aromatic carbocycles. The van der Waals surface area contributed by atoms with Gasteiger partial charge >= 0.3 is 0 Å². The Labute approximate surface area is 268 Å². The van der Waals surface area contributed by atoms with Crippen molar-refractivity contribution in [1.29, 1.82) is 0 Å². The van der Waals surface area contributed by atoms with Gasteiger partial charge in [0.05, 0.1) is 6.16 Å². The molecule has 0 amide bonds. The van der Waals surface area contributed by atoms with E-state index >= 15 is 0 Å². The average Bonchev–Trinajstić information content (AvgIpc) is 3.12. The second-order valence-electron chi connectivity index (χ2n) is 11.6. The Kier molecular flexibility index (Phi) is 8.24. The van der Waals surface area contributed by atoms with E-state index in [4.69, 9.17) is 0 Å². The maximum Gasteiger partial charge on any atom is 0.117 e. The lowest BCUT2D eigenvalue weighted by Crippen LogP contribution is -2.34. The van der Waals surface area contributed by atoms with Crippen molar-refractivity contribution in [2.45, 2.75) is 13.1 Å². The second-order valence-corrected chi connectivity index (χ2v) is 15.0. The molecule has 0 aliphatic rings. The predicted molar refractivity (Wildman–Crippen MR) is 196 cm³/mol. The van der Waals surface area contributed by atoms with Crippen molar-refractivity contribution in [3.05, 3.63) is 199 Å². The normalized spacial score (nSPS) is 11.3. The molecule has 0 bridgehead atoms. The van der Waals surface area contributed by atoms with Crippen LogP contribution in [0.4, 0.5) is 0 Å². The molecular formula is C44H36P+. The van der Waals surface area contributed by atoms with Crippen molar-refractivity contribution in [2.75, 3.05) is 0 Å². The lowest BCUT2D eigenvalue weighted by molar-refractivity contribution is 1.39. The Bertz CT molecular complexity index is 1950. The fourth-order valence-electron chi connectivity index (χ4n) is 6.79. The van der Waals surface area contributed by atoms with Crippen LogP contribution < -0.4 is 15.9 Å². The van der Waals surface area contributed by atoms with Crippen LogP contribution in [0.15, 0.2) is 188 Å². The zero-order valence-electron chi connectivity index (χ0n) is 25.6. The number of hydrogen-bond donors (Lipinski definition) is 0. The van der Waals surface area contributed by atoms with Gasteiger partial charge in [0, 0.05) is 11.1 Å². The van der Waals surface area contributed by atoms with Crippen LogP contribution in [0.25, 0.3) is 33.4 Å². The first-order chi connectivity index (χ1) is 22.3. The second kappa shape index (κ2) is 12.9. The first kappa shape index (κ1) is 28.7. The van der Waals surface area contributed by atoms with E-state index in [1.54, 1.807) is 0 Å². The summed E-state index contributed by atoms with van der Waals surface area (Å²) in [6, 6.07) is 69.2. The largest absolute Gasteiger partial charge is 0.117 e. The molecule has 45 heavy (non-hydrogen) atoms. The number of hydrogen-bond acceptors (Lipinski definition) is 0. The summed E-state index contributed by atoms with van der Waals surface area (Å²) in [6.07, 6.45) is 0.931. The van der Waals surface area contributed by atoms with E-state index in [1.807, 2.05) is 0 Å². The van der Waals surface area contributed by atoms with Crippen LogP contribution >= 0.6 is 7.26 Å². The van der Waals surface area contributed by atoms with Crippen LogP contribution in [0.3, 0.4) is 0 Å². The zero-order valence-corrected chi connectivity index (χ0v) is 26.4. The van der Waals surface area contributed by atoms with Gasteiger partial charge in [-0.25, -0.2) is 0 Å². The summed E-state index contributed by atoms with van der Waals surface area (Å²) in [4.78, 5) is 0. The van der Waals surface area contributed by atoms with Crippen molar-refractivity contribution in [3.63, 3.8) is 0 Å². The first-order valence-corrected chi connectivity index (χ1v) is 17.6. The van der Waals surface area contributed by atoms with Gasteiger partial charge < -0.3 is 0 Å². The molecule has 0 aromatic heterocycles. The molecule has 0 aliphatic heterocycles. The van der Waals surface area contributed by atoms with Gasteiger partial charge in [-0.15, -0.1) is 0 Å². The minimum atomic E-state index is -2.26. The summed E-state index contributed by atoms with van der Waals surface area (Å²) in [5, 5.41) is 4.21. The summed E-state index contributed by atoms with van der Waals surface area (Å²) >= 11 is 0. The minimum Gasteiger partial charge on any atom is -0.0622 e. The fraction of sp³-hybridized carbons (Fsp3) is 0.0455. The van der Waals surface area contributed by atoms with Crippen molar-refractivity contribution in [3.8, 4) is 33.4 Å². The lowest BCUT2D eigenvalue weighted by atomic mass is 9.85. The highest BCUT2D eigenvalue weighted by atomic mass is 31.2. The van der Waals surface area contributed by atoms with E-state index in [9.17, 15) is 0 Å². The molecule has 0 nitrogen and oxygen atoms in total. The molecule has 1 heteroatoms. The molecule has 7 rings (SSSR count). The highest BCUT2D eigenvalue weighted by Crippen LogP contribution is 2.61. The number of rotatable bonds is 8. The van der Waals surface area contributed by atoms with Crippen molar-refractivity contribution in [1.82, 2.24) is 0 Å². The third kappa shape index (κ3) is 5.55. The van der Waals surface area contributed by atoms with E-state index in [1.165, 1.54) is 60.4 Å². The quantitative estimate of drug-likeness (QED) is 0.153. The molecule has 0 spiro atoms. The highest BCUT2D eigenvalue weighted by Gasteiger charge is 2.48. The topological polar surface area (TPSA) is 0 Å². The van der Waals surface area contributed by atoms with Crippen LogP contribution in [-0.2, 0) is 6.16 Å². The monoisotopic (exact) mass is 595 g/mol. The maximum atomic E-state index is 2.54. The van der Waals surface area contributed by atoms with Gasteiger partial charge in [-0.2, -0.15) is 0 Å². The van der Waals surface area contributed by atoms with Crippen LogP contribution in [0, 0.1) is 6.92 Å². The summed E-state index contributed by atoms with van der Waals surface area (Å²) in [5.41, 5.74) is 10.3. The molecule has 0 atom stereocenters. The summed E-state index contributed by atoms with van der Waals surface area (Å²) in [6.45, 7) is 2.31. The summed E-state index contributed by atoms with van der Waals surface area (Å²) in [5.74, 6) is 0. The van der Waals surface area contributed by atoms with Gasteiger partial charge in [0.2, 0.25) is 0 Å². The van der Waals surface area contributed by atoms with Crippen molar-refractivity contribution < 1.29 is 0 Å². The molecular weight excluding hydrogens is 559 g/mol. The fourth-order valence-corrected chi connectivity index (χ4v) is 11.3. The van der Waals surface area contributed by atoms with E-state index in [-0.39, 0.29) is 0 Å². The van der Waals surface area contributed by atoms with Gasteiger partial charge in [0.25, 0.3) is 0 Å². The highest BCUT2D eigenvalue weighted by molar-refractivity contribution is 7.95. The summed E-state index contributed by atoms with van der Waals surface area (Å²) in [7, 11) is -2.26. The first-order valence-electron chi connectivity index (χ1n) is 15.6. The molecule has 0 radical (unpaired) electrons. The van der Waals surface area contributed by atoms with Crippen LogP contribution in [-0.4, -0.2) is 0 Å². The van der Waals surface area contributed by atoms with Gasteiger partial charge in [-0.1, -0.05) is 158 Å². The van der Waals surface area contributed by atoms with Crippen LogP contribution in [0.2, 0.25) is 0 Å². The Hall–Kier alpha value is -5.03. The SMILES string of the molecule is Cc1cc([P+](Cc2ccccc2)(c2ccccc2)c2ccccc2)c(-c2ccccc2)c(-c2ccccc2)c1-c1ccccc1. The Morgan fingerprint density at radius 2 is 0.733 bits per heavy atom. The van der Waals surface area contributed by atoms with E-state index in [0.717, 1.165) is 6.16 Å². The third-order valence-corrected chi connectivity index (χ3v) is 13.1. The predicted octanol–water partition coefficient (Wildman–Crippen LogP) is 10.5. The Morgan fingerprint density at radius 1 is 0.378 bits per heavy atom. The standard InChI is InChI=1S/C44H36P/c1-34-32-41(45(39-28-16-6-17-29-39,40-30-18-7-19-31-40)33-35-20-8-2-9-21-35)43(37-24-12-4-13-25-37)44(38-26-14-5-15-27-38)42(34)36-22-10-3-11-23-36/h2-32H,33H2,1H3/q+1. The van der Waals surface area contributed by atoms with E-state index < -0.39 is 7.26 Å². The van der Waals surface area contributed by atoms with E-state index in [0.29, 0.717) is 0 Å². The van der Waals surface area contributed by atoms with Crippen molar-refractivity contribution in [2.24, 2.45) is 0 Å². The van der Waals surface area contributed by atoms with Crippen LogP contribution in [0.5, 0.6) is 0 Å². The number of benzene rings is 7. The Morgan fingerprint density at radius 3 is 1.18 bits per heavy atom. The number of aryl methyl sites for hydroxylation is 1. The van der Waals surface area contributed by atoms with Gasteiger partial charge in [-0.3, -0.25) is 0 Å². The lowest BCUT2D eigenvalue weighted by Gasteiger charge is -2.32. The third-order valence-electron chi connectivity index (χ3n) is 8.76. The minimum absolute atomic E-state index is 0.931. The Balaban J connectivity index is 1.70. The molecule has 0 N–H and O–H groups in total. The van der Waals surface area contributed by atoms with Gasteiger partial charge in [-0.05, 0) is 70.6 Å². The molecule has 7 aromatic rings. The molecule has 0 saturated heterocycles. The smallest absolute Gasteiger partial charge is 0.0622 e. The van der Waals surface area contributed by atoms with E-state index in [2.05, 4.69) is 195 Å². The molecule has 216 valence electrons.